The van der Waals surface area contributed by atoms with Gasteiger partial charge in [0.05, 0.1) is 0 Å². The summed E-state index contributed by atoms with van der Waals surface area (Å²) in [5.74, 6) is 0.748. The maximum absolute atomic E-state index is 12.1. The highest BCUT2D eigenvalue weighted by Gasteiger charge is 2.17. The number of hydrogen-bond acceptors (Lipinski definition) is 2. The number of carbonyl (C=O) groups excluding carboxylic acids is 1. The van der Waals surface area contributed by atoms with E-state index in [9.17, 15) is 4.79 Å². The average Bonchev–Trinajstić information content (AvgIpc) is 2.35. The van der Waals surface area contributed by atoms with E-state index in [2.05, 4.69) is 25.2 Å². The maximum atomic E-state index is 12.1. The highest BCUT2D eigenvalue weighted by molar-refractivity contribution is 5.81. The summed E-state index contributed by atoms with van der Waals surface area (Å²) in [4.78, 5) is 12.1. The lowest BCUT2D eigenvalue weighted by Crippen LogP contribution is -2.41. The normalized spacial score (nSPS) is 13.7. The second-order valence-corrected chi connectivity index (χ2v) is 5.66. The highest BCUT2D eigenvalue weighted by atomic mass is 16.5. The van der Waals surface area contributed by atoms with Crippen LogP contribution in [0.3, 0.4) is 0 Å². The van der Waals surface area contributed by atoms with E-state index in [1.807, 2.05) is 26.8 Å². The molecular formula is C17H27NO2. The number of benzene rings is 1. The lowest BCUT2D eigenvalue weighted by molar-refractivity contribution is -0.127. The number of amides is 1. The van der Waals surface area contributed by atoms with E-state index >= 15 is 0 Å². The fraction of sp³-hybridized carbons (Fsp3) is 0.588. The topological polar surface area (TPSA) is 38.3 Å². The van der Waals surface area contributed by atoms with Crippen LogP contribution in [0.1, 0.15) is 50.3 Å². The smallest absolute Gasteiger partial charge is 0.260 e. The van der Waals surface area contributed by atoms with Crippen molar-refractivity contribution < 1.29 is 9.53 Å². The summed E-state index contributed by atoms with van der Waals surface area (Å²) >= 11 is 0. The van der Waals surface area contributed by atoms with Crippen LogP contribution in [-0.2, 0) is 4.79 Å². The standard InChI is InChI=1S/C17H27NO2/c1-7-8-13(4)18-17(19)15(6)20-16-10-11(2)9-12(3)14(16)5/h9-10,13,15H,7-8H2,1-6H3,(H,18,19)/t13-,15+/m1/s1. The molecule has 0 saturated carbocycles. The van der Waals surface area contributed by atoms with E-state index in [4.69, 9.17) is 4.74 Å². The predicted molar refractivity (Wildman–Crippen MR) is 83.3 cm³/mol. The lowest BCUT2D eigenvalue weighted by atomic mass is 10.1. The summed E-state index contributed by atoms with van der Waals surface area (Å²) in [5.41, 5.74) is 3.43. The van der Waals surface area contributed by atoms with Crippen molar-refractivity contribution in [1.82, 2.24) is 5.32 Å². The van der Waals surface area contributed by atoms with Gasteiger partial charge >= 0.3 is 0 Å². The Morgan fingerprint density at radius 3 is 2.50 bits per heavy atom. The first-order valence-corrected chi connectivity index (χ1v) is 7.40. The van der Waals surface area contributed by atoms with Crippen LogP contribution in [0.2, 0.25) is 0 Å². The summed E-state index contributed by atoms with van der Waals surface area (Å²) < 4.78 is 5.84. The second kappa shape index (κ2) is 7.32. The van der Waals surface area contributed by atoms with Crippen LogP contribution < -0.4 is 10.1 Å². The molecule has 0 aromatic heterocycles. The Hall–Kier alpha value is -1.51. The molecule has 112 valence electrons. The summed E-state index contributed by atoms with van der Waals surface area (Å²) in [6, 6.07) is 4.30. The number of carbonyl (C=O) groups is 1. The van der Waals surface area contributed by atoms with Crippen LogP contribution in [0, 0.1) is 20.8 Å². The van der Waals surface area contributed by atoms with Crippen LogP contribution in [0.4, 0.5) is 0 Å². The highest BCUT2D eigenvalue weighted by Crippen LogP contribution is 2.24. The van der Waals surface area contributed by atoms with Gasteiger partial charge in [-0.1, -0.05) is 19.4 Å². The van der Waals surface area contributed by atoms with Gasteiger partial charge in [0.2, 0.25) is 0 Å². The summed E-state index contributed by atoms with van der Waals surface area (Å²) in [6.07, 6.45) is 1.57. The molecule has 1 N–H and O–H groups in total. The van der Waals surface area contributed by atoms with E-state index in [1.54, 1.807) is 6.92 Å². The number of aryl methyl sites for hydroxylation is 2. The molecule has 3 nitrogen and oxygen atoms in total. The van der Waals surface area contributed by atoms with Gasteiger partial charge in [-0.2, -0.15) is 0 Å². The van der Waals surface area contributed by atoms with Gasteiger partial charge < -0.3 is 10.1 Å². The van der Waals surface area contributed by atoms with E-state index in [1.165, 1.54) is 5.56 Å². The summed E-state index contributed by atoms with van der Waals surface area (Å²) in [5, 5.41) is 2.99. The minimum absolute atomic E-state index is 0.0514. The van der Waals surface area contributed by atoms with Gasteiger partial charge in [-0.25, -0.2) is 0 Å². The number of hydrogen-bond donors (Lipinski definition) is 1. The van der Waals surface area contributed by atoms with Crippen molar-refractivity contribution in [3.63, 3.8) is 0 Å². The molecule has 0 bridgehead atoms. The monoisotopic (exact) mass is 277 g/mol. The van der Waals surface area contributed by atoms with Crippen LogP contribution in [0.25, 0.3) is 0 Å². The SMILES string of the molecule is CCC[C@@H](C)NC(=O)[C@H](C)Oc1cc(C)cc(C)c1C. The first-order chi connectivity index (χ1) is 9.35. The molecule has 0 fully saturated rings. The minimum Gasteiger partial charge on any atom is -0.481 e. The van der Waals surface area contributed by atoms with E-state index in [-0.39, 0.29) is 11.9 Å². The van der Waals surface area contributed by atoms with Gasteiger partial charge in [0.25, 0.3) is 5.91 Å². The molecule has 0 heterocycles. The Kier molecular flexibility index (Phi) is 6.05. The fourth-order valence-corrected chi connectivity index (χ4v) is 2.23. The van der Waals surface area contributed by atoms with Crippen LogP contribution >= 0.6 is 0 Å². The predicted octanol–water partition coefficient (Wildman–Crippen LogP) is 3.68. The molecule has 0 spiro atoms. The van der Waals surface area contributed by atoms with Crippen molar-refractivity contribution in [3.8, 4) is 5.75 Å². The van der Waals surface area contributed by atoms with E-state index < -0.39 is 6.10 Å². The third-order valence-electron chi connectivity index (χ3n) is 3.55. The third kappa shape index (κ3) is 4.55. The lowest BCUT2D eigenvalue weighted by Gasteiger charge is -2.20. The van der Waals surface area contributed by atoms with Crippen LogP contribution in [0.5, 0.6) is 5.75 Å². The van der Waals surface area contributed by atoms with Gasteiger partial charge in [-0.05, 0) is 63.8 Å². The quantitative estimate of drug-likeness (QED) is 0.861. The molecule has 20 heavy (non-hydrogen) atoms. The molecule has 1 amide bonds. The Bertz CT molecular complexity index is 468. The van der Waals surface area contributed by atoms with Crippen molar-refractivity contribution in [3.05, 3.63) is 28.8 Å². The van der Waals surface area contributed by atoms with Crippen molar-refractivity contribution in [2.45, 2.75) is 66.5 Å². The summed E-state index contributed by atoms with van der Waals surface area (Å²) in [6.45, 7) is 12.0. The second-order valence-electron chi connectivity index (χ2n) is 5.66. The Morgan fingerprint density at radius 2 is 1.90 bits per heavy atom. The van der Waals surface area contributed by atoms with Crippen molar-refractivity contribution in [2.75, 3.05) is 0 Å². The number of rotatable bonds is 6. The van der Waals surface area contributed by atoms with E-state index in [0.29, 0.717) is 0 Å². The van der Waals surface area contributed by atoms with E-state index in [0.717, 1.165) is 29.7 Å². The van der Waals surface area contributed by atoms with Gasteiger partial charge in [0.1, 0.15) is 5.75 Å². The zero-order valence-corrected chi connectivity index (χ0v) is 13.5. The Balaban J connectivity index is 2.71. The largest absolute Gasteiger partial charge is 0.481 e. The van der Waals surface area contributed by atoms with Gasteiger partial charge in [0, 0.05) is 6.04 Å². The Labute approximate surface area is 122 Å². The van der Waals surface area contributed by atoms with Gasteiger partial charge in [0.15, 0.2) is 6.10 Å². The van der Waals surface area contributed by atoms with Crippen LogP contribution in [0.15, 0.2) is 12.1 Å². The summed E-state index contributed by atoms with van der Waals surface area (Å²) in [7, 11) is 0. The van der Waals surface area contributed by atoms with Crippen LogP contribution in [-0.4, -0.2) is 18.1 Å². The van der Waals surface area contributed by atoms with Gasteiger partial charge in [-0.3, -0.25) is 4.79 Å². The number of ether oxygens (including phenoxy) is 1. The number of nitrogens with one attached hydrogen (secondary N) is 1. The molecule has 0 radical (unpaired) electrons. The van der Waals surface area contributed by atoms with Gasteiger partial charge in [-0.15, -0.1) is 0 Å². The average molecular weight is 277 g/mol. The first kappa shape index (κ1) is 16.5. The molecule has 3 heteroatoms. The van der Waals surface area contributed by atoms with Crippen molar-refractivity contribution in [2.24, 2.45) is 0 Å². The maximum Gasteiger partial charge on any atom is 0.260 e. The molecule has 1 aromatic carbocycles. The minimum atomic E-state index is -0.478. The molecule has 1 aromatic rings. The zero-order chi connectivity index (χ0) is 15.3. The fourth-order valence-electron chi connectivity index (χ4n) is 2.23. The zero-order valence-electron chi connectivity index (χ0n) is 13.5. The molecule has 0 aliphatic rings. The molecule has 0 unspecified atom stereocenters. The molecule has 1 rings (SSSR count). The molecule has 0 aliphatic heterocycles. The Morgan fingerprint density at radius 1 is 1.25 bits per heavy atom. The molecular weight excluding hydrogens is 250 g/mol. The third-order valence-corrected chi connectivity index (χ3v) is 3.55. The first-order valence-electron chi connectivity index (χ1n) is 7.40. The molecule has 2 atom stereocenters. The molecule has 0 saturated heterocycles. The van der Waals surface area contributed by atoms with Crippen molar-refractivity contribution >= 4 is 5.91 Å². The van der Waals surface area contributed by atoms with Crippen molar-refractivity contribution in [1.29, 1.82) is 0 Å². The molecule has 0 aliphatic carbocycles.